The van der Waals surface area contributed by atoms with Crippen molar-refractivity contribution in [2.75, 3.05) is 0 Å². The number of carbonyl (C=O) groups excluding carboxylic acids is 1. The lowest BCUT2D eigenvalue weighted by Crippen LogP contribution is -2.49. The van der Waals surface area contributed by atoms with Crippen molar-refractivity contribution in [3.63, 3.8) is 0 Å². The lowest BCUT2D eigenvalue weighted by Gasteiger charge is -2.38. The predicted molar refractivity (Wildman–Crippen MR) is 80.4 cm³/mol. The Morgan fingerprint density at radius 3 is 1.42 bits per heavy atom. The van der Waals surface area contributed by atoms with Crippen LogP contribution in [0.5, 0.6) is 0 Å². The zero-order valence-corrected chi connectivity index (χ0v) is 15.4. The van der Waals surface area contributed by atoms with E-state index in [1.807, 2.05) is 13.8 Å². The van der Waals surface area contributed by atoms with E-state index in [1.54, 1.807) is 34.6 Å². The summed E-state index contributed by atoms with van der Waals surface area (Å²) >= 11 is 0. The molecular weight excluding hydrogens is 338 g/mol. The van der Waals surface area contributed by atoms with E-state index >= 15 is 0 Å². The first-order valence-corrected chi connectivity index (χ1v) is 7.76. The summed E-state index contributed by atoms with van der Waals surface area (Å²) in [5, 5.41) is 0. The predicted octanol–water partition coefficient (Wildman–Crippen LogP) is 6.15. The van der Waals surface area contributed by atoms with Crippen molar-refractivity contribution in [2.24, 2.45) is 16.7 Å². The highest BCUT2D eigenvalue weighted by molar-refractivity contribution is 5.77. The molecule has 0 bridgehead atoms. The third-order valence-electron chi connectivity index (χ3n) is 3.46. The van der Waals surface area contributed by atoms with Crippen LogP contribution < -0.4 is 0 Å². The van der Waals surface area contributed by atoms with Gasteiger partial charge in [-0.15, -0.1) is 0 Å². The fourth-order valence-corrected chi connectivity index (χ4v) is 2.17. The SMILES string of the molecule is CC.CC(C)C(C)(CC(C)(C)C)C(=O)OC(C(F)(F)F)C(F)(F)F. The van der Waals surface area contributed by atoms with E-state index in [9.17, 15) is 31.1 Å². The number of carbonyl (C=O) groups is 1. The maximum atomic E-state index is 12.5. The van der Waals surface area contributed by atoms with Gasteiger partial charge in [-0.2, -0.15) is 26.3 Å². The minimum absolute atomic E-state index is 0.0962. The molecule has 0 radical (unpaired) electrons. The number of halogens is 6. The van der Waals surface area contributed by atoms with E-state index in [0.29, 0.717) is 0 Å². The Bertz CT molecular complexity index is 379. The molecule has 0 rings (SSSR count). The first-order chi connectivity index (χ1) is 10.4. The Kier molecular flexibility index (Phi) is 8.88. The number of rotatable bonds is 4. The van der Waals surface area contributed by atoms with Gasteiger partial charge in [0.05, 0.1) is 5.41 Å². The van der Waals surface area contributed by atoms with Crippen LogP contribution in [-0.4, -0.2) is 24.4 Å². The average Bonchev–Trinajstić information content (AvgIpc) is 2.32. The second-order valence-electron chi connectivity index (χ2n) is 7.18. The molecule has 0 aliphatic heterocycles. The van der Waals surface area contributed by atoms with Crippen LogP contribution in [0.15, 0.2) is 0 Å². The summed E-state index contributed by atoms with van der Waals surface area (Å²) in [6, 6.07) is 0. The molecule has 0 saturated heterocycles. The maximum Gasteiger partial charge on any atom is 0.434 e. The number of hydrogen-bond donors (Lipinski definition) is 0. The standard InChI is InChI=1S/C14H22F6O2.C2H6/c1-8(2)12(6,7-11(3,4)5)10(21)22-9(13(15,16)17)14(18,19)20;1-2/h8-9H,7H2,1-6H3;1-2H3. The second kappa shape index (κ2) is 8.43. The van der Waals surface area contributed by atoms with Crippen molar-refractivity contribution >= 4 is 5.97 Å². The van der Waals surface area contributed by atoms with Crippen molar-refractivity contribution in [3.05, 3.63) is 0 Å². The molecule has 1 atom stereocenters. The van der Waals surface area contributed by atoms with Gasteiger partial charge in [0.2, 0.25) is 0 Å². The number of alkyl halides is 6. The van der Waals surface area contributed by atoms with Gasteiger partial charge in [0, 0.05) is 0 Å². The number of ether oxygens (including phenoxy) is 1. The van der Waals surface area contributed by atoms with Crippen LogP contribution in [0, 0.1) is 16.7 Å². The zero-order chi connectivity index (χ0) is 20.1. The molecular formula is C16H28F6O2. The van der Waals surface area contributed by atoms with Gasteiger partial charge in [-0.25, -0.2) is 0 Å². The first kappa shape index (κ1) is 25.3. The van der Waals surface area contributed by atoms with Crippen molar-refractivity contribution < 1.29 is 35.9 Å². The first-order valence-electron chi connectivity index (χ1n) is 7.76. The summed E-state index contributed by atoms with van der Waals surface area (Å²) in [4.78, 5) is 12.1. The zero-order valence-electron chi connectivity index (χ0n) is 15.4. The van der Waals surface area contributed by atoms with Gasteiger partial charge < -0.3 is 4.74 Å². The Balaban J connectivity index is 0. The molecule has 0 aliphatic carbocycles. The van der Waals surface area contributed by atoms with Crippen LogP contribution in [0.1, 0.15) is 61.8 Å². The van der Waals surface area contributed by atoms with E-state index in [0.717, 1.165) is 0 Å². The average molecular weight is 366 g/mol. The largest absolute Gasteiger partial charge is 0.442 e. The number of hydrogen-bond acceptors (Lipinski definition) is 2. The molecule has 0 aromatic carbocycles. The lowest BCUT2D eigenvalue weighted by atomic mass is 9.69. The summed E-state index contributed by atoms with van der Waals surface area (Å²) in [6.07, 6.45) is -15.4. The summed E-state index contributed by atoms with van der Waals surface area (Å²) in [6.45, 7) is 13.7. The fraction of sp³-hybridized carbons (Fsp3) is 0.938. The molecule has 24 heavy (non-hydrogen) atoms. The molecule has 1 unspecified atom stereocenters. The van der Waals surface area contributed by atoms with Gasteiger partial charge in [0.25, 0.3) is 6.10 Å². The van der Waals surface area contributed by atoms with Crippen molar-refractivity contribution in [3.8, 4) is 0 Å². The van der Waals surface area contributed by atoms with Crippen LogP contribution in [-0.2, 0) is 9.53 Å². The molecule has 0 aliphatic rings. The summed E-state index contributed by atoms with van der Waals surface area (Å²) in [5.41, 5.74) is -1.92. The normalized spacial score (nSPS) is 15.7. The second-order valence-corrected chi connectivity index (χ2v) is 7.18. The van der Waals surface area contributed by atoms with Gasteiger partial charge in [0.15, 0.2) is 0 Å². The van der Waals surface area contributed by atoms with Crippen molar-refractivity contribution in [1.29, 1.82) is 0 Å². The highest BCUT2D eigenvalue weighted by atomic mass is 19.4. The number of esters is 1. The van der Waals surface area contributed by atoms with E-state index in [4.69, 9.17) is 0 Å². The van der Waals surface area contributed by atoms with Crippen molar-refractivity contribution in [1.82, 2.24) is 0 Å². The molecule has 0 N–H and O–H groups in total. The molecule has 0 amide bonds. The molecule has 0 saturated carbocycles. The van der Waals surface area contributed by atoms with Gasteiger partial charge in [-0.3, -0.25) is 4.79 Å². The Morgan fingerprint density at radius 2 is 1.21 bits per heavy atom. The van der Waals surface area contributed by atoms with E-state index < -0.39 is 41.2 Å². The lowest BCUT2D eigenvalue weighted by molar-refractivity contribution is -0.316. The topological polar surface area (TPSA) is 26.3 Å². The smallest absolute Gasteiger partial charge is 0.434 e. The third-order valence-corrected chi connectivity index (χ3v) is 3.46. The Hall–Kier alpha value is -0.950. The molecule has 2 nitrogen and oxygen atoms in total. The molecule has 0 fully saturated rings. The molecule has 0 heterocycles. The summed E-state index contributed by atoms with van der Waals surface area (Å²) < 4.78 is 78.9. The third kappa shape index (κ3) is 7.75. The van der Waals surface area contributed by atoms with E-state index in [1.165, 1.54) is 6.92 Å². The maximum absolute atomic E-state index is 12.5. The molecule has 8 heteroatoms. The van der Waals surface area contributed by atoms with Gasteiger partial charge in [0.1, 0.15) is 0 Å². The monoisotopic (exact) mass is 366 g/mol. The molecule has 0 aromatic heterocycles. The minimum atomic E-state index is -5.70. The Labute approximate surface area is 139 Å². The molecule has 146 valence electrons. The van der Waals surface area contributed by atoms with Gasteiger partial charge >= 0.3 is 18.3 Å². The van der Waals surface area contributed by atoms with Crippen LogP contribution in [0.2, 0.25) is 0 Å². The highest BCUT2D eigenvalue weighted by Crippen LogP contribution is 2.43. The minimum Gasteiger partial charge on any atom is -0.442 e. The van der Waals surface area contributed by atoms with Gasteiger partial charge in [-0.1, -0.05) is 48.5 Å². The fourth-order valence-electron chi connectivity index (χ4n) is 2.17. The summed E-state index contributed by atoms with van der Waals surface area (Å²) in [5.74, 6) is -1.97. The summed E-state index contributed by atoms with van der Waals surface area (Å²) in [7, 11) is 0. The van der Waals surface area contributed by atoms with E-state index in [-0.39, 0.29) is 6.42 Å². The van der Waals surface area contributed by atoms with E-state index in [2.05, 4.69) is 4.74 Å². The molecule has 0 aromatic rings. The highest BCUT2D eigenvalue weighted by Gasteiger charge is 2.61. The van der Waals surface area contributed by atoms with Crippen molar-refractivity contribution in [2.45, 2.75) is 80.3 Å². The van der Waals surface area contributed by atoms with Crippen LogP contribution in [0.3, 0.4) is 0 Å². The van der Waals surface area contributed by atoms with Gasteiger partial charge in [-0.05, 0) is 24.7 Å². The quantitative estimate of drug-likeness (QED) is 0.441. The van der Waals surface area contributed by atoms with Crippen LogP contribution in [0.25, 0.3) is 0 Å². The Morgan fingerprint density at radius 1 is 0.875 bits per heavy atom. The molecule has 0 spiro atoms. The van der Waals surface area contributed by atoms with Crippen LogP contribution in [0.4, 0.5) is 26.3 Å². The van der Waals surface area contributed by atoms with Crippen LogP contribution >= 0.6 is 0 Å².